The highest BCUT2D eigenvalue weighted by Gasteiger charge is 1.91. The summed E-state index contributed by atoms with van der Waals surface area (Å²) in [5.74, 6) is 5.65. The number of rotatable bonds is 2. The Morgan fingerprint density at radius 2 is 2.27 bits per heavy atom. The number of nitriles is 1. The Morgan fingerprint density at radius 3 is 3.00 bits per heavy atom. The fourth-order valence-electron chi connectivity index (χ4n) is 0.885. The summed E-state index contributed by atoms with van der Waals surface area (Å²) in [6.07, 6.45) is 3.56. The largest absolute Gasteiger partial charge is 0.262 e. The van der Waals surface area contributed by atoms with Crippen molar-refractivity contribution in [2.75, 3.05) is 6.54 Å². The van der Waals surface area contributed by atoms with Crippen LogP contribution in [0.3, 0.4) is 0 Å². The maximum atomic E-state index is 8.61. The molecule has 0 aliphatic carbocycles. The molecule has 0 bridgehead atoms. The van der Waals surface area contributed by atoms with Crippen LogP contribution in [0.25, 0.3) is 10.4 Å². The normalized spacial score (nSPS) is 7.93. The van der Waals surface area contributed by atoms with Crippen molar-refractivity contribution in [3.05, 3.63) is 40.0 Å². The van der Waals surface area contributed by atoms with Gasteiger partial charge in [-0.2, -0.15) is 5.26 Å². The number of azide groups is 1. The van der Waals surface area contributed by atoms with Gasteiger partial charge < -0.3 is 0 Å². The SMILES string of the molecule is N#Cc1cncc(C#CCCN=[N+]=[N-])c1. The van der Waals surface area contributed by atoms with Crippen LogP contribution in [0.2, 0.25) is 0 Å². The van der Waals surface area contributed by atoms with Crippen LogP contribution in [0.1, 0.15) is 17.5 Å². The Bertz CT molecular complexity index is 483. The Labute approximate surface area is 87.0 Å². The van der Waals surface area contributed by atoms with Crippen LogP contribution in [-0.4, -0.2) is 11.5 Å². The van der Waals surface area contributed by atoms with Crippen LogP contribution in [-0.2, 0) is 0 Å². The highest BCUT2D eigenvalue weighted by Crippen LogP contribution is 1.99. The second kappa shape index (κ2) is 6.04. The molecule has 0 unspecified atom stereocenters. The van der Waals surface area contributed by atoms with Gasteiger partial charge in [-0.3, -0.25) is 4.98 Å². The van der Waals surface area contributed by atoms with E-state index < -0.39 is 0 Å². The lowest BCUT2D eigenvalue weighted by molar-refractivity contribution is 1.01. The molecule has 15 heavy (non-hydrogen) atoms. The summed E-state index contributed by atoms with van der Waals surface area (Å²) in [5.41, 5.74) is 9.19. The summed E-state index contributed by atoms with van der Waals surface area (Å²) in [5, 5.41) is 12.0. The minimum absolute atomic E-state index is 0.356. The first-order chi connectivity index (χ1) is 7.36. The minimum atomic E-state index is 0.356. The van der Waals surface area contributed by atoms with Gasteiger partial charge in [0.05, 0.1) is 5.56 Å². The second-order valence-corrected chi connectivity index (χ2v) is 2.58. The average molecular weight is 197 g/mol. The van der Waals surface area contributed by atoms with E-state index in [1.54, 1.807) is 12.3 Å². The fraction of sp³-hybridized carbons (Fsp3) is 0.200. The highest BCUT2D eigenvalue weighted by molar-refractivity contribution is 5.38. The van der Waals surface area contributed by atoms with Gasteiger partial charge in [-0.1, -0.05) is 17.0 Å². The number of hydrogen-bond acceptors (Lipinski definition) is 3. The molecule has 0 atom stereocenters. The molecule has 0 spiro atoms. The van der Waals surface area contributed by atoms with Crippen LogP contribution in [0, 0.1) is 23.2 Å². The van der Waals surface area contributed by atoms with Crippen molar-refractivity contribution >= 4 is 0 Å². The zero-order valence-electron chi connectivity index (χ0n) is 7.88. The minimum Gasteiger partial charge on any atom is -0.262 e. The lowest BCUT2D eigenvalue weighted by Gasteiger charge is -1.89. The van der Waals surface area contributed by atoms with Gasteiger partial charge in [0.1, 0.15) is 6.07 Å². The van der Waals surface area contributed by atoms with Gasteiger partial charge in [-0.05, 0) is 11.6 Å². The van der Waals surface area contributed by atoms with Crippen molar-refractivity contribution < 1.29 is 0 Å². The summed E-state index contributed by atoms with van der Waals surface area (Å²) in [7, 11) is 0. The Balaban J connectivity index is 2.64. The van der Waals surface area contributed by atoms with E-state index in [-0.39, 0.29) is 0 Å². The van der Waals surface area contributed by atoms with E-state index in [2.05, 4.69) is 26.9 Å². The van der Waals surface area contributed by atoms with Crippen LogP contribution >= 0.6 is 0 Å². The first kappa shape index (κ1) is 10.6. The van der Waals surface area contributed by atoms with Crippen molar-refractivity contribution in [3.8, 4) is 17.9 Å². The van der Waals surface area contributed by atoms with E-state index in [0.717, 1.165) is 0 Å². The Morgan fingerprint density at radius 1 is 1.47 bits per heavy atom. The summed E-state index contributed by atoms with van der Waals surface area (Å²) < 4.78 is 0. The third kappa shape index (κ3) is 3.82. The molecule has 0 radical (unpaired) electrons. The standard InChI is InChI=1S/C10H7N5/c11-6-10-5-9(7-13-8-10)3-1-2-4-14-15-12/h5,7-8H,2,4H2. The maximum absolute atomic E-state index is 8.61. The van der Waals surface area contributed by atoms with Crippen molar-refractivity contribution in [2.45, 2.75) is 6.42 Å². The van der Waals surface area contributed by atoms with E-state index in [1.807, 2.05) is 6.07 Å². The lowest BCUT2D eigenvalue weighted by atomic mass is 10.2. The average Bonchev–Trinajstić information content (AvgIpc) is 2.29. The zero-order valence-corrected chi connectivity index (χ0v) is 7.88. The van der Waals surface area contributed by atoms with E-state index in [1.165, 1.54) is 6.20 Å². The predicted octanol–water partition coefficient (Wildman–Crippen LogP) is 2.01. The zero-order chi connectivity index (χ0) is 10.9. The van der Waals surface area contributed by atoms with Gasteiger partial charge in [0.15, 0.2) is 0 Å². The molecule has 1 rings (SSSR count). The molecule has 0 fully saturated rings. The third-order valence-electron chi connectivity index (χ3n) is 1.50. The smallest absolute Gasteiger partial charge is 0.101 e. The highest BCUT2D eigenvalue weighted by atomic mass is 15.1. The molecule has 72 valence electrons. The molecule has 1 heterocycles. The molecule has 0 saturated carbocycles. The van der Waals surface area contributed by atoms with E-state index in [4.69, 9.17) is 10.8 Å². The summed E-state index contributed by atoms with van der Waals surface area (Å²) in [6.45, 7) is 0.356. The van der Waals surface area contributed by atoms with Crippen molar-refractivity contribution in [1.82, 2.24) is 4.98 Å². The first-order valence-electron chi connectivity index (χ1n) is 4.21. The van der Waals surface area contributed by atoms with E-state index in [0.29, 0.717) is 24.1 Å². The van der Waals surface area contributed by atoms with Gasteiger partial charge in [0, 0.05) is 35.8 Å². The quantitative estimate of drug-likeness (QED) is 0.239. The number of hydrogen-bond donors (Lipinski definition) is 0. The molecular formula is C10H7N5. The van der Waals surface area contributed by atoms with Crippen molar-refractivity contribution in [3.63, 3.8) is 0 Å². The monoisotopic (exact) mass is 197 g/mol. The van der Waals surface area contributed by atoms with Crippen molar-refractivity contribution in [1.29, 1.82) is 5.26 Å². The van der Waals surface area contributed by atoms with E-state index in [9.17, 15) is 0 Å². The number of pyridine rings is 1. The van der Waals surface area contributed by atoms with Gasteiger partial charge in [-0.25, -0.2) is 0 Å². The van der Waals surface area contributed by atoms with Gasteiger partial charge in [-0.15, -0.1) is 0 Å². The van der Waals surface area contributed by atoms with E-state index >= 15 is 0 Å². The summed E-state index contributed by atoms with van der Waals surface area (Å²) in [6, 6.07) is 3.64. The molecular weight excluding hydrogens is 190 g/mol. The Kier molecular flexibility index (Phi) is 4.26. The van der Waals surface area contributed by atoms with Crippen LogP contribution in [0.5, 0.6) is 0 Å². The molecule has 0 saturated heterocycles. The topological polar surface area (TPSA) is 85.4 Å². The molecule has 1 aromatic heterocycles. The lowest BCUT2D eigenvalue weighted by Crippen LogP contribution is -1.82. The van der Waals surface area contributed by atoms with Crippen LogP contribution in [0.15, 0.2) is 23.6 Å². The summed E-state index contributed by atoms with van der Waals surface area (Å²) >= 11 is 0. The molecule has 0 aromatic carbocycles. The molecule has 5 nitrogen and oxygen atoms in total. The second-order valence-electron chi connectivity index (χ2n) is 2.58. The van der Waals surface area contributed by atoms with Crippen molar-refractivity contribution in [2.24, 2.45) is 5.11 Å². The summed E-state index contributed by atoms with van der Waals surface area (Å²) in [4.78, 5) is 6.47. The molecule has 5 heteroatoms. The third-order valence-corrected chi connectivity index (χ3v) is 1.50. The predicted molar refractivity (Wildman–Crippen MR) is 54.5 cm³/mol. The molecule has 0 N–H and O–H groups in total. The number of nitrogens with zero attached hydrogens (tertiary/aromatic N) is 5. The Hall–Kier alpha value is -2.49. The van der Waals surface area contributed by atoms with Gasteiger partial charge in [0.25, 0.3) is 0 Å². The molecule has 0 amide bonds. The number of aromatic nitrogens is 1. The first-order valence-corrected chi connectivity index (χ1v) is 4.21. The maximum Gasteiger partial charge on any atom is 0.101 e. The van der Waals surface area contributed by atoms with Crippen LogP contribution < -0.4 is 0 Å². The van der Waals surface area contributed by atoms with Gasteiger partial charge >= 0.3 is 0 Å². The molecule has 0 aliphatic rings. The molecule has 1 aromatic rings. The van der Waals surface area contributed by atoms with Gasteiger partial charge in [0.2, 0.25) is 0 Å². The fourth-order valence-corrected chi connectivity index (χ4v) is 0.885. The molecule has 0 aliphatic heterocycles. The van der Waals surface area contributed by atoms with Crippen LogP contribution in [0.4, 0.5) is 0 Å².